The van der Waals surface area contributed by atoms with Gasteiger partial charge in [-0.15, -0.1) is 11.3 Å². The van der Waals surface area contributed by atoms with Crippen molar-refractivity contribution in [3.8, 4) is 10.4 Å². The molecule has 5 heteroatoms. The van der Waals surface area contributed by atoms with Crippen LogP contribution in [0.2, 0.25) is 0 Å². The Labute approximate surface area is 146 Å². The maximum absolute atomic E-state index is 13.8. The van der Waals surface area contributed by atoms with E-state index in [1.807, 2.05) is 19.9 Å². The Morgan fingerprint density at radius 3 is 2.62 bits per heavy atom. The largest absolute Gasteiger partial charge is 0.369 e. The molecule has 1 aliphatic rings. The van der Waals surface area contributed by atoms with Gasteiger partial charge in [-0.3, -0.25) is 0 Å². The number of fused-ring (bicyclic) bond motifs is 1. The first-order valence-corrected chi connectivity index (χ1v) is 9.40. The summed E-state index contributed by atoms with van der Waals surface area (Å²) in [5, 5.41) is 0.918. The van der Waals surface area contributed by atoms with Gasteiger partial charge in [0, 0.05) is 29.4 Å². The van der Waals surface area contributed by atoms with E-state index in [0.717, 1.165) is 47.1 Å². The van der Waals surface area contributed by atoms with E-state index in [1.165, 1.54) is 16.9 Å². The zero-order chi connectivity index (χ0) is 17.4. The molecule has 0 N–H and O–H groups in total. The molecule has 0 saturated carbocycles. The van der Waals surface area contributed by atoms with Gasteiger partial charge in [-0.2, -0.15) is 0 Å². The van der Waals surface area contributed by atoms with Gasteiger partial charge in [0.05, 0.1) is 15.6 Å². The molecule has 1 aliphatic heterocycles. The van der Waals surface area contributed by atoms with Crippen molar-refractivity contribution >= 4 is 17.0 Å². The Bertz CT molecular complexity index is 739. The highest BCUT2D eigenvalue weighted by molar-refractivity contribution is 7.15. The van der Waals surface area contributed by atoms with E-state index in [0.29, 0.717) is 11.6 Å². The Hall–Kier alpha value is -1.49. The van der Waals surface area contributed by atoms with Crippen LogP contribution in [0.3, 0.4) is 0 Å². The van der Waals surface area contributed by atoms with Crippen LogP contribution in [0.1, 0.15) is 54.9 Å². The number of aryl methyl sites for hydroxylation is 3. The monoisotopic (exact) mass is 350 g/mol. The van der Waals surface area contributed by atoms with Crippen molar-refractivity contribution in [2.75, 3.05) is 11.4 Å². The normalized spacial score (nSPS) is 15.7. The first-order chi connectivity index (χ1) is 11.4. The van der Waals surface area contributed by atoms with Crippen LogP contribution in [0.5, 0.6) is 0 Å². The third-order valence-electron chi connectivity index (χ3n) is 4.91. The second-order valence-electron chi connectivity index (χ2n) is 6.57. The van der Waals surface area contributed by atoms with Crippen LogP contribution < -0.4 is 4.90 Å². The fourth-order valence-electron chi connectivity index (χ4n) is 3.51. The maximum atomic E-state index is 13.8. The van der Waals surface area contributed by atoms with Crippen molar-refractivity contribution in [2.24, 2.45) is 0 Å². The molecule has 0 bridgehead atoms. The van der Waals surface area contributed by atoms with E-state index in [1.54, 1.807) is 6.07 Å². The van der Waals surface area contributed by atoms with Gasteiger partial charge in [0.1, 0.15) is 0 Å². The number of hydrogen-bond acceptors (Lipinski definition) is 3. The summed E-state index contributed by atoms with van der Waals surface area (Å²) >= 11 is 1.50. The lowest BCUT2D eigenvalue weighted by Gasteiger charge is -2.36. The van der Waals surface area contributed by atoms with Crippen LogP contribution in [0.15, 0.2) is 12.1 Å². The highest BCUT2D eigenvalue weighted by Gasteiger charge is 2.26. The third-order valence-corrected chi connectivity index (χ3v) is 6.02. The highest BCUT2D eigenvalue weighted by atomic mass is 32.1. The van der Waals surface area contributed by atoms with E-state index in [-0.39, 0.29) is 5.56 Å². The molecule has 0 amide bonds. The lowest BCUT2D eigenvalue weighted by Crippen LogP contribution is -2.37. The minimum Gasteiger partial charge on any atom is -0.369 e. The minimum atomic E-state index is -2.48. The quantitative estimate of drug-likeness (QED) is 0.681. The molecule has 1 aromatic heterocycles. The topological polar surface area (TPSA) is 16.1 Å². The highest BCUT2D eigenvalue weighted by Crippen LogP contribution is 2.42. The summed E-state index contributed by atoms with van der Waals surface area (Å²) in [7, 11) is 0. The standard InChI is InChI=1S/C19H24F2N2S/c1-5-11(2)23-8-6-7-14-9-15(16(19(20)21)10-17(14)23)18-12(3)22-13(4)24-18/h9-11,19H,5-8H2,1-4H3. The summed E-state index contributed by atoms with van der Waals surface area (Å²) in [6.45, 7) is 9.08. The fourth-order valence-corrected chi connectivity index (χ4v) is 4.47. The van der Waals surface area contributed by atoms with Crippen LogP contribution in [-0.4, -0.2) is 17.6 Å². The van der Waals surface area contributed by atoms with Crippen LogP contribution in [0.4, 0.5) is 14.5 Å². The lowest BCUT2D eigenvalue weighted by atomic mass is 9.93. The predicted molar refractivity (Wildman–Crippen MR) is 97.4 cm³/mol. The van der Waals surface area contributed by atoms with Gasteiger partial charge in [0.15, 0.2) is 0 Å². The summed E-state index contributed by atoms with van der Waals surface area (Å²) in [4.78, 5) is 7.59. The van der Waals surface area contributed by atoms with Crippen molar-refractivity contribution in [1.29, 1.82) is 0 Å². The molecule has 0 fully saturated rings. The summed E-state index contributed by atoms with van der Waals surface area (Å²) in [5.41, 5.74) is 3.82. The molecule has 2 nitrogen and oxygen atoms in total. The van der Waals surface area contributed by atoms with Crippen molar-refractivity contribution in [1.82, 2.24) is 4.98 Å². The third kappa shape index (κ3) is 3.06. The average molecular weight is 350 g/mol. The number of alkyl halides is 2. The van der Waals surface area contributed by atoms with E-state index < -0.39 is 6.43 Å². The summed E-state index contributed by atoms with van der Waals surface area (Å²) in [6.07, 6.45) is 0.562. The second kappa shape index (κ2) is 6.79. The van der Waals surface area contributed by atoms with Gasteiger partial charge in [-0.1, -0.05) is 6.92 Å². The van der Waals surface area contributed by atoms with E-state index >= 15 is 0 Å². The Morgan fingerprint density at radius 2 is 2.04 bits per heavy atom. The SMILES string of the molecule is CCC(C)N1CCCc2cc(-c3sc(C)nc3C)c(C(F)F)cc21. The maximum Gasteiger partial charge on any atom is 0.264 e. The van der Waals surface area contributed by atoms with Gasteiger partial charge in [-0.05, 0) is 57.7 Å². The molecule has 2 heterocycles. The van der Waals surface area contributed by atoms with Crippen LogP contribution in [-0.2, 0) is 6.42 Å². The molecule has 130 valence electrons. The number of nitrogens with zero attached hydrogens (tertiary/aromatic N) is 2. The molecule has 0 spiro atoms. The van der Waals surface area contributed by atoms with Gasteiger partial charge < -0.3 is 4.90 Å². The molecule has 2 aromatic rings. The average Bonchev–Trinajstić information content (AvgIpc) is 2.90. The Balaban J connectivity index is 2.17. The molecule has 1 atom stereocenters. The van der Waals surface area contributed by atoms with Crippen molar-refractivity contribution in [2.45, 2.75) is 59.4 Å². The van der Waals surface area contributed by atoms with Crippen LogP contribution in [0.25, 0.3) is 10.4 Å². The molecule has 24 heavy (non-hydrogen) atoms. The summed E-state index contributed by atoms with van der Waals surface area (Å²) < 4.78 is 27.6. The zero-order valence-electron chi connectivity index (χ0n) is 14.7. The molecule has 1 aromatic carbocycles. The fraction of sp³-hybridized carbons (Fsp3) is 0.526. The van der Waals surface area contributed by atoms with Crippen molar-refractivity contribution in [3.05, 3.63) is 34.0 Å². The Kier molecular flexibility index (Phi) is 4.90. The summed E-state index contributed by atoms with van der Waals surface area (Å²) in [6, 6.07) is 4.09. The zero-order valence-corrected chi connectivity index (χ0v) is 15.5. The van der Waals surface area contributed by atoms with Crippen molar-refractivity contribution in [3.63, 3.8) is 0 Å². The van der Waals surface area contributed by atoms with E-state index in [2.05, 4.69) is 23.7 Å². The molecule has 3 rings (SSSR count). The van der Waals surface area contributed by atoms with Crippen LogP contribution in [0, 0.1) is 13.8 Å². The van der Waals surface area contributed by atoms with Gasteiger partial charge in [0.25, 0.3) is 6.43 Å². The smallest absolute Gasteiger partial charge is 0.264 e. The molecule has 1 unspecified atom stereocenters. The number of benzene rings is 1. The number of hydrogen-bond donors (Lipinski definition) is 0. The predicted octanol–water partition coefficient (Wildman–Crippen LogP) is 5.92. The lowest BCUT2D eigenvalue weighted by molar-refractivity contribution is 0.152. The van der Waals surface area contributed by atoms with Crippen LogP contribution >= 0.6 is 11.3 Å². The number of halogens is 2. The molecule has 0 radical (unpaired) electrons. The van der Waals surface area contributed by atoms with E-state index in [9.17, 15) is 8.78 Å². The first-order valence-electron chi connectivity index (χ1n) is 8.58. The molecule has 0 saturated heterocycles. The van der Waals surface area contributed by atoms with Gasteiger partial charge in [0.2, 0.25) is 0 Å². The number of aromatic nitrogens is 1. The number of thiazole rings is 1. The minimum absolute atomic E-state index is 0.135. The first kappa shape index (κ1) is 17.3. The van der Waals surface area contributed by atoms with Crippen molar-refractivity contribution < 1.29 is 8.78 Å². The Morgan fingerprint density at radius 1 is 1.29 bits per heavy atom. The number of anilines is 1. The summed E-state index contributed by atoms with van der Waals surface area (Å²) in [5.74, 6) is 0. The second-order valence-corrected chi connectivity index (χ2v) is 7.77. The molecule has 0 aliphatic carbocycles. The number of rotatable bonds is 4. The molecular formula is C19H24F2N2S. The van der Waals surface area contributed by atoms with Gasteiger partial charge >= 0.3 is 0 Å². The van der Waals surface area contributed by atoms with Gasteiger partial charge in [-0.25, -0.2) is 13.8 Å². The molecular weight excluding hydrogens is 326 g/mol. The van der Waals surface area contributed by atoms with E-state index in [4.69, 9.17) is 0 Å².